The lowest BCUT2D eigenvalue weighted by atomic mass is 9.77. The first-order valence-electron chi connectivity index (χ1n) is 7.62. The van der Waals surface area contributed by atoms with Gasteiger partial charge >= 0.3 is 0 Å². The lowest BCUT2D eigenvalue weighted by Gasteiger charge is -2.43. The predicted molar refractivity (Wildman–Crippen MR) is 76.9 cm³/mol. The van der Waals surface area contributed by atoms with Crippen molar-refractivity contribution >= 4 is 5.78 Å². The van der Waals surface area contributed by atoms with Gasteiger partial charge in [-0.3, -0.25) is 4.79 Å². The SMILES string of the molecule is Cc1cc(F)ccc1C(=O)C1CCOC2(CCOCC2)C1. The normalized spacial score (nSPS) is 25.0. The van der Waals surface area contributed by atoms with Crippen LogP contribution in [0.15, 0.2) is 18.2 Å². The molecule has 0 saturated carbocycles. The van der Waals surface area contributed by atoms with Crippen LogP contribution < -0.4 is 0 Å². The Hall–Kier alpha value is -1.26. The van der Waals surface area contributed by atoms with E-state index in [2.05, 4.69) is 0 Å². The summed E-state index contributed by atoms with van der Waals surface area (Å²) < 4.78 is 24.6. The number of ketones is 1. The molecular weight excluding hydrogens is 271 g/mol. The molecule has 0 amide bonds. The molecule has 1 aromatic carbocycles. The van der Waals surface area contributed by atoms with Crippen LogP contribution in [0.5, 0.6) is 0 Å². The molecule has 4 heteroatoms. The zero-order valence-corrected chi connectivity index (χ0v) is 12.4. The summed E-state index contributed by atoms with van der Waals surface area (Å²) in [6.07, 6.45) is 3.22. The molecule has 0 radical (unpaired) electrons. The summed E-state index contributed by atoms with van der Waals surface area (Å²) in [7, 11) is 0. The number of Topliss-reactive ketones (excluding diaryl/α,β-unsaturated/α-hetero) is 1. The van der Waals surface area contributed by atoms with Gasteiger partial charge in [-0.25, -0.2) is 4.39 Å². The van der Waals surface area contributed by atoms with Crippen molar-refractivity contribution in [1.29, 1.82) is 0 Å². The van der Waals surface area contributed by atoms with Gasteiger partial charge in [-0.05, 0) is 56.4 Å². The highest BCUT2D eigenvalue weighted by molar-refractivity contribution is 5.99. The molecule has 21 heavy (non-hydrogen) atoms. The molecule has 3 nitrogen and oxygen atoms in total. The van der Waals surface area contributed by atoms with E-state index in [0.29, 0.717) is 30.9 Å². The standard InChI is InChI=1S/C17H21FO3/c1-12-10-14(18)2-3-15(12)16(19)13-4-7-21-17(11-13)5-8-20-9-6-17/h2-3,10,13H,4-9,11H2,1H3. The van der Waals surface area contributed by atoms with Crippen LogP contribution in [0.1, 0.15) is 41.6 Å². The minimum absolute atomic E-state index is 0.0268. The Balaban J connectivity index is 1.77. The van der Waals surface area contributed by atoms with Crippen molar-refractivity contribution in [3.05, 3.63) is 35.1 Å². The number of rotatable bonds is 2. The van der Waals surface area contributed by atoms with Crippen molar-refractivity contribution in [3.63, 3.8) is 0 Å². The van der Waals surface area contributed by atoms with Crippen molar-refractivity contribution in [1.82, 2.24) is 0 Å². The van der Waals surface area contributed by atoms with Gasteiger partial charge in [0.2, 0.25) is 0 Å². The van der Waals surface area contributed by atoms with Crippen molar-refractivity contribution in [2.45, 2.75) is 38.2 Å². The summed E-state index contributed by atoms with van der Waals surface area (Å²) in [4.78, 5) is 12.7. The van der Waals surface area contributed by atoms with Crippen LogP contribution in [0, 0.1) is 18.7 Å². The Bertz CT molecular complexity index is 529. The van der Waals surface area contributed by atoms with E-state index in [1.54, 1.807) is 13.0 Å². The third kappa shape index (κ3) is 3.01. The van der Waals surface area contributed by atoms with Crippen LogP contribution >= 0.6 is 0 Å². The topological polar surface area (TPSA) is 35.5 Å². The Morgan fingerprint density at radius 3 is 2.76 bits per heavy atom. The van der Waals surface area contributed by atoms with Crippen LogP contribution in [0.3, 0.4) is 0 Å². The average molecular weight is 292 g/mol. The number of carbonyl (C=O) groups excluding carboxylic acids is 1. The third-order valence-electron chi connectivity index (χ3n) is 4.72. The lowest BCUT2D eigenvalue weighted by Crippen LogP contribution is -2.46. The maximum atomic E-state index is 13.2. The van der Waals surface area contributed by atoms with E-state index in [1.807, 2.05) is 0 Å². The van der Waals surface area contributed by atoms with Gasteiger partial charge in [0, 0.05) is 31.3 Å². The molecular formula is C17H21FO3. The molecule has 0 aromatic heterocycles. The lowest BCUT2D eigenvalue weighted by molar-refractivity contribution is -0.142. The van der Waals surface area contributed by atoms with Gasteiger partial charge < -0.3 is 9.47 Å². The van der Waals surface area contributed by atoms with Gasteiger partial charge in [0.05, 0.1) is 5.60 Å². The molecule has 1 atom stereocenters. The van der Waals surface area contributed by atoms with E-state index < -0.39 is 0 Å². The van der Waals surface area contributed by atoms with Crippen molar-refractivity contribution in [2.24, 2.45) is 5.92 Å². The predicted octanol–water partition coefficient (Wildman–Crippen LogP) is 3.29. The number of ether oxygens (including phenoxy) is 2. The van der Waals surface area contributed by atoms with Crippen LogP contribution in [0.2, 0.25) is 0 Å². The Morgan fingerprint density at radius 1 is 1.29 bits per heavy atom. The first kappa shape index (κ1) is 14.7. The molecule has 2 heterocycles. The van der Waals surface area contributed by atoms with E-state index in [4.69, 9.17) is 9.47 Å². The number of hydrogen-bond acceptors (Lipinski definition) is 3. The molecule has 3 rings (SSSR count). The number of benzene rings is 1. The van der Waals surface area contributed by atoms with Crippen molar-refractivity contribution < 1.29 is 18.7 Å². The molecule has 0 N–H and O–H groups in total. The quantitative estimate of drug-likeness (QED) is 0.785. The third-order valence-corrected chi connectivity index (χ3v) is 4.72. The van der Waals surface area contributed by atoms with E-state index in [-0.39, 0.29) is 23.1 Å². The number of carbonyl (C=O) groups is 1. The minimum atomic E-state index is -0.295. The molecule has 2 aliphatic heterocycles. The van der Waals surface area contributed by atoms with Gasteiger partial charge in [-0.2, -0.15) is 0 Å². The molecule has 2 fully saturated rings. The highest BCUT2D eigenvalue weighted by Gasteiger charge is 2.41. The van der Waals surface area contributed by atoms with Crippen LogP contribution in [0.4, 0.5) is 4.39 Å². The first-order valence-corrected chi connectivity index (χ1v) is 7.62. The van der Waals surface area contributed by atoms with Crippen LogP contribution in [0.25, 0.3) is 0 Å². The largest absolute Gasteiger partial charge is 0.381 e. The molecule has 2 aliphatic rings. The van der Waals surface area contributed by atoms with Gasteiger partial charge in [0.1, 0.15) is 5.82 Å². The smallest absolute Gasteiger partial charge is 0.166 e. The van der Waals surface area contributed by atoms with E-state index in [0.717, 1.165) is 25.7 Å². The molecule has 2 saturated heterocycles. The fourth-order valence-electron chi connectivity index (χ4n) is 3.47. The molecule has 1 unspecified atom stereocenters. The first-order chi connectivity index (χ1) is 10.1. The molecule has 1 spiro atoms. The zero-order valence-electron chi connectivity index (χ0n) is 12.4. The fraction of sp³-hybridized carbons (Fsp3) is 0.588. The Morgan fingerprint density at radius 2 is 2.05 bits per heavy atom. The second kappa shape index (κ2) is 5.85. The van der Waals surface area contributed by atoms with Gasteiger partial charge in [-0.1, -0.05) is 0 Å². The number of halogens is 1. The summed E-state index contributed by atoms with van der Waals surface area (Å²) in [5.74, 6) is -0.195. The molecule has 1 aromatic rings. The molecule has 0 bridgehead atoms. The van der Waals surface area contributed by atoms with E-state index in [9.17, 15) is 9.18 Å². The van der Waals surface area contributed by atoms with Gasteiger partial charge in [-0.15, -0.1) is 0 Å². The monoisotopic (exact) mass is 292 g/mol. The minimum Gasteiger partial charge on any atom is -0.381 e. The summed E-state index contributed by atoms with van der Waals surface area (Å²) in [5, 5.41) is 0. The average Bonchev–Trinajstić information content (AvgIpc) is 2.47. The fourth-order valence-corrected chi connectivity index (χ4v) is 3.47. The zero-order chi connectivity index (χ0) is 14.9. The van der Waals surface area contributed by atoms with Crippen LogP contribution in [-0.2, 0) is 9.47 Å². The summed E-state index contributed by atoms with van der Waals surface area (Å²) in [6.45, 7) is 3.82. The second-order valence-electron chi connectivity index (χ2n) is 6.16. The number of hydrogen-bond donors (Lipinski definition) is 0. The van der Waals surface area contributed by atoms with Gasteiger partial charge in [0.25, 0.3) is 0 Å². The van der Waals surface area contributed by atoms with Crippen molar-refractivity contribution in [3.8, 4) is 0 Å². The van der Waals surface area contributed by atoms with E-state index in [1.165, 1.54) is 12.1 Å². The second-order valence-corrected chi connectivity index (χ2v) is 6.16. The summed E-state index contributed by atoms with van der Waals surface area (Å²) in [5.41, 5.74) is 1.17. The summed E-state index contributed by atoms with van der Waals surface area (Å²) >= 11 is 0. The maximum absolute atomic E-state index is 13.2. The van der Waals surface area contributed by atoms with Gasteiger partial charge in [0.15, 0.2) is 5.78 Å². The molecule has 114 valence electrons. The highest BCUT2D eigenvalue weighted by Crippen LogP contribution is 2.38. The molecule has 0 aliphatic carbocycles. The van der Waals surface area contributed by atoms with Crippen LogP contribution in [-0.4, -0.2) is 31.2 Å². The summed E-state index contributed by atoms with van der Waals surface area (Å²) in [6, 6.07) is 4.40. The Labute approximate surface area is 124 Å². The highest BCUT2D eigenvalue weighted by atomic mass is 19.1. The van der Waals surface area contributed by atoms with Crippen molar-refractivity contribution in [2.75, 3.05) is 19.8 Å². The number of aryl methyl sites for hydroxylation is 1. The van der Waals surface area contributed by atoms with E-state index >= 15 is 0 Å². The maximum Gasteiger partial charge on any atom is 0.166 e. The Kier molecular flexibility index (Phi) is 4.09.